The average molecular weight is 289 g/mol. The minimum Gasteiger partial charge on any atom is -0.480 e. The van der Waals surface area contributed by atoms with E-state index in [2.05, 4.69) is 15.2 Å². The summed E-state index contributed by atoms with van der Waals surface area (Å²) in [5.41, 5.74) is -0.125. The van der Waals surface area contributed by atoms with Gasteiger partial charge >= 0.3 is 0 Å². The SMILES string of the molecule is CC(C)(Oc1ccccc1)c1nnc2c(Cl)nccn12. The number of rotatable bonds is 3. The van der Waals surface area contributed by atoms with Crippen LogP contribution in [0.5, 0.6) is 5.75 Å². The van der Waals surface area contributed by atoms with E-state index in [1.54, 1.807) is 16.8 Å². The van der Waals surface area contributed by atoms with Gasteiger partial charge in [-0.2, -0.15) is 0 Å². The molecule has 3 aromatic rings. The topological polar surface area (TPSA) is 52.3 Å². The lowest BCUT2D eigenvalue weighted by molar-refractivity contribution is 0.0973. The zero-order chi connectivity index (χ0) is 14.2. The Labute approximate surface area is 121 Å². The molecule has 0 aliphatic rings. The third kappa shape index (κ3) is 2.20. The number of para-hydroxylation sites is 1. The third-order valence-electron chi connectivity index (χ3n) is 2.94. The number of fused-ring (bicyclic) bond motifs is 1. The second kappa shape index (κ2) is 4.76. The smallest absolute Gasteiger partial charge is 0.198 e. The van der Waals surface area contributed by atoms with Gasteiger partial charge in [0.05, 0.1) is 0 Å². The first-order chi connectivity index (χ1) is 9.58. The Bertz CT molecular complexity index is 739. The Kier molecular flexibility index (Phi) is 3.06. The molecule has 0 radical (unpaired) electrons. The van der Waals surface area contributed by atoms with Crippen LogP contribution in [0.2, 0.25) is 5.15 Å². The molecule has 0 fully saturated rings. The molecule has 2 aromatic heterocycles. The molecule has 0 N–H and O–H groups in total. The number of halogens is 1. The van der Waals surface area contributed by atoms with E-state index in [9.17, 15) is 0 Å². The highest BCUT2D eigenvalue weighted by atomic mass is 35.5. The highest BCUT2D eigenvalue weighted by Gasteiger charge is 2.29. The summed E-state index contributed by atoms with van der Waals surface area (Å²) in [4.78, 5) is 3.99. The summed E-state index contributed by atoms with van der Waals surface area (Å²) in [6, 6.07) is 9.60. The predicted molar refractivity (Wildman–Crippen MR) is 75.9 cm³/mol. The quantitative estimate of drug-likeness (QED) is 0.743. The number of aromatic nitrogens is 4. The van der Waals surface area contributed by atoms with Crippen LogP contribution in [0, 0.1) is 0 Å². The lowest BCUT2D eigenvalue weighted by Crippen LogP contribution is -2.28. The maximum atomic E-state index is 6.01. The number of benzene rings is 1. The first-order valence-electron chi connectivity index (χ1n) is 6.18. The summed E-state index contributed by atoms with van der Waals surface area (Å²) >= 11 is 6.01. The molecule has 102 valence electrons. The van der Waals surface area contributed by atoms with Crippen molar-refractivity contribution in [1.29, 1.82) is 0 Å². The zero-order valence-electron chi connectivity index (χ0n) is 11.1. The van der Waals surface area contributed by atoms with Gasteiger partial charge < -0.3 is 4.74 Å². The van der Waals surface area contributed by atoms with E-state index in [1.165, 1.54) is 0 Å². The fourth-order valence-corrected chi connectivity index (χ4v) is 2.22. The molecule has 0 aliphatic carbocycles. The highest BCUT2D eigenvalue weighted by molar-refractivity contribution is 6.32. The van der Waals surface area contributed by atoms with Gasteiger partial charge in [0.1, 0.15) is 5.75 Å². The van der Waals surface area contributed by atoms with E-state index in [0.29, 0.717) is 16.6 Å². The van der Waals surface area contributed by atoms with Gasteiger partial charge in [0.2, 0.25) is 0 Å². The maximum absolute atomic E-state index is 6.01. The standard InChI is InChI=1S/C14H13ClN4O/c1-14(2,20-10-6-4-3-5-7-10)13-18-17-12-11(15)16-8-9-19(12)13/h3-9H,1-2H3. The van der Waals surface area contributed by atoms with Crippen LogP contribution < -0.4 is 4.74 Å². The molecule has 20 heavy (non-hydrogen) atoms. The Hall–Kier alpha value is -2.14. The van der Waals surface area contributed by atoms with E-state index < -0.39 is 5.60 Å². The van der Waals surface area contributed by atoms with Gasteiger partial charge in [-0.1, -0.05) is 29.8 Å². The molecule has 0 saturated carbocycles. The van der Waals surface area contributed by atoms with Crippen molar-refractivity contribution in [2.24, 2.45) is 0 Å². The van der Waals surface area contributed by atoms with Crippen LogP contribution in [-0.4, -0.2) is 19.6 Å². The predicted octanol–water partition coefficient (Wildman–Crippen LogP) is 3.09. The molecular weight excluding hydrogens is 276 g/mol. The van der Waals surface area contributed by atoms with Crippen molar-refractivity contribution in [2.45, 2.75) is 19.4 Å². The maximum Gasteiger partial charge on any atom is 0.198 e. The van der Waals surface area contributed by atoms with E-state index in [1.807, 2.05) is 44.2 Å². The molecule has 3 rings (SSSR count). The molecule has 0 atom stereocenters. The van der Waals surface area contributed by atoms with Gasteiger partial charge in [0.25, 0.3) is 0 Å². The van der Waals surface area contributed by atoms with Crippen LogP contribution in [0.25, 0.3) is 5.65 Å². The summed E-state index contributed by atoms with van der Waals surface area (Å²) in [5, 5.41) is 8.57. The van der Waals surface area contributed by atoms with Crippen molar-refractivity contribution in [1.82, 2.24) is 19.6 Å². The van der Waals surface area contributed by atoms with E-state index in [0.717, 1.165) is 5.75 Å². The average Bonchev–Trinajstić information content (AvgIpc) is 2.85. The van der Waals surface area contributed by atoms with Crippen LogP contribution in [0.3, 0.4) is 0 Å². The summed E-state index contributed by atoms with van der Waals surface area (Å²) in [5.74, 6) is 1.44. The molecule has 5 nitrogen and oxygen atoms in total. The number of ether oxygens (including phenoxy) is 1. The van der Waals surface area contributed by atoms with E-state index >= 15 is 0 Å². The van der Waals surface area contributed by atoms with Crippen molar-refractivity contribution in [3.05, 3.63) is 53.7 Å². The Morgan fingerprint density at radius 2 is 1.90 bits per heavy atom. The number of hydrogen-bond donors (Lipinski definition) is 0. The summed E-state index contributed by atoms with van der Waals surface area (Å²) in [6.07, 6.45) is 3.38. The van der Waals surface area contributed by atoms with Gasteiger partial charge in [-0.3, -0.25) is 4.40 Å². The fraction of sp³-hybridized carbons (Fsp3) is 0.214. The normalized spacial score (nSPS) is 11.8. The summed E-state index contributed by atoms with van der Waals surface area (Å²) < 4.78 is 7.80. The zero-order valence-corrected chi connectivity index (χ0v) is 11.9. The van der Waals surface area contributed by atoms with E-state index in [4.69, 9.17) is 16.3 Å². The molecule has 0 amide bonds. The lowest BCUT2D eigenvalue weighted by Gasteiger charge is -2.24. The Morgan fingerprint density at radius 1 is 1.15 bits per heavy atom. The molecule has 1 aromatic carbocycles. The molecule has 0 saturated heterocycles. The molecule has 2 heterocycles. The molecule has 0 bridgehead atoms. The first-order valence-corrected chi connectivity index (χ1v) is 6.55. The second-order valence-electron chi connectivity index (χ2n) is 4.86. The van der Waals surface area contributed by atoms with Crippen molar-refractivity contribution < 1.29 is 4.74 Å². The Morgan fingerprint density at radius 3 is 2.65 bits per heavy atom. The van der Waals surface area contributed by atoms with Gasteiger partial charge in [-0.15, -0.1) is 10.2 Å². The monoisotopic (exact) mass is 288 g/mol. The molecule has 0 aliphatic heterocycles. The second-order valence-corrected chi connectivity index (χ2v) is 5.22. The minimum atomic E-state index is -0.647. The highest BCUT2D eigenvalue weighted by Crippen LogP contribution is 2.27. The third-order valence-corrected chi connectivity index (χ3v) is 3.21. The van der Waals surface area contributed by atoms with Crippen molar-refractivity contribution in [3.8, 4) is 5.75 Å². The van der Waals surface area contributed by atoms with Crippen molar-refractivity contribution >= 4 is 17.2 Å². The molecule has 6 heteroatoms. The molecule has 0 spiro atoms. The summed E-state index contributed by atoms with van der Waals surface area (Å²) in [6.45, 7) is 3.87. The van der Waals surface area contributed by atoms with Crippen LogP contribution in [0.1, 0.15) is 19.7 Å². The molecular formula is C14H13ClN4O. The van der Waals surface area contributed by atoms with Gasteiger partial charge in [0.15, 0.2) is 22.2 Å². The number of hydrogen-bond acceptors (Lipinski definition) is 4. The first kappa shape index (κ1) is 12.9. The van der Waals surface area contributed by atoms with Crippen LogP contribution in [0.4, 0.5) is 0 Å². The van der Waals surface area contributed by atoms with E-state index in [-0.39, 0.29) is 0 Å². The van der Waals surface area contributed by atoms with Crippen molar-refractivity contribution in [3.63, 3.8) is 0 Å². The van der Waals surface area contributed by atoms with Crippen LogP contribution in [0.15, 0.2) is 42.7 Å². The van der Waals surface area contributed by atoms with Crippen LogP contribution >= 0.6 is 11.6 Å². The number of nitrogens with zero attached hydrogens (tertiary/aromatic N) is 4. The fourth-order valence-electron chi connectivity index (χ4n) is 2.04. The minimum absolute atomic E-state index is 0.321. The molecule has 0 unspecified atom stereocenters. The van der Waals surface area contributed by atoms with Crippen LogP contribution in [-0.2, 0) is 5.60 Å². The Balaban J connectivity index is 2.03. The van der Waals surface area contributed by atoms with Gasteiger partial charge in [-0.25, -0.2) is 4.98 Å². The van der Waals surface area contributed by atoms with Gasteiger partial charge in [0, 0.05) is 12.4 Å². The van der Waals surface area contributed by atoms with Crippen molar-refractivity contribution in [2.75, 3.05) is 0 Å². The van der Waals surface area contributed by atoms with Gasteiger partial charge in [-0.05, 0) is 26.0 Å². The lowest BCUT2D eigenvalue weighted by atomic mass is 10.1. The summed E-state index contributed by atoms with van der Waals surface area (Å²) in [7, 11) is 0. The largest absolute Gasteiger partial charge is 0.480 e.